The Balaban J connectivity index is 1.13. The quantitative estimate of drug-likeness (QED) is 0.606. The Hall–Kier alpha value is -2.62. The fourth-order valence-corrected chi connectivity index (χ4v) is 6.86. The molecule has 4 heterocycles. The van der Waals surface area contributed by atoms with E-state index >= 15 is 0 Å². The van der Waals surface area contributed by atoms with E-state index in [9.17, 15) is 13.6 Å². The molecule has 6 rings (SSSR count). The normalized spacial score (nSPS) is 32.6. The highest BCUT2D eigenvalue weighted by Gasteiger charge is 2.48. The number of urea groups is 1. The molecule has 7 nitrogen and oxygen atoms in total. The van der Waals surface area contributed by atoms with Crippen LogP contribution < -0.4 is 16.2 Å². The second kappa shape index (κ2) is 9.68. The van der Waals surface area contributed by atoms with Gasteiger partial charge in [-0.1, -0.05) is 12.1 Å². The molecular formula is C27H34F2N6O. The number of piperidine rings is 1. The van der Waals surface area contributed by atoms with Gasteiger partial charge in [-0.25, -0.2) is 19.0 Å². The van der Waals surface area contributed by atoms with Crippen molar-refractivity contribution in [1.82, 2.24) is 31.0 Å². The topological polar surface area (TPSA) is 72.5 Å². The highest BCUT2D eigenvalue weighted by molar-refractivity contribution is 5.76. The zero-order chi connectivity index (χ0) is 24.8. The molecule has 3 N–H and O–H groups in total. The van der Waals surface area contributed by atoms with Crippen LogP contribution in [0.15, 0.2) is 36.5 Å². The molecule has 2 aromatic rings. The third-order valence-electron chi connectivity index (χ3n) is 8.65. The molecular weight excluding hydrogens is 462 g/mol. The van der Waals surface area contributed by atoms with Crippen molar-refractivity contribution < 1.29 is 13.6 Å². The van der Waals surface area contributed by atoms with Crippen LogP contribution in [0.2, 0.25) is 0 Å². The monoisotopic (exact) mass is 496 g/mol. The van der Waals surface area contributed by atoms with Crippen LogP contribution in [-0.2, 0) is 6.54 Å². The summed E-state index contributed by atoms with van der Waals surface area (Å²) in [5.74, 6) is -0.752. The fourth-order valence-electron chi connectivity index (χ4n) is 6.86. The average Bonchev–Trinajstić information content (AvgIpc) is 3.28. The molecule has 6 atom stereocenters. The van der Waals surface area contributed by atoms with Gasteiger partial charge in [0.2, 0.25) is 0 Å². The third-order valence-corrected chi connectivity index (χ3v) is 8.65. The molecule has 0 spiro atoms. The number of hydrazine groups is 1. The van der Waals surface area contributed by atoms with E-state index in [0.717, 1.165) is 50.5 Å². The van der Waals surface area contributed by atoms with Gasteiger partial charge in [0.25, 0.3) is 0 Å². The highest BCUT2D eigenvalue weighted by Crippen LogP contribution is 2.42. The number of likely N-dealkylation sites (tertiary alicyclic amines) is 1. The van der Waals surface area contributed by atoms with Crippen molar-refractivity contribution in [3.8, 4) is 0 Å². The summed E-state index contributed by atoms with van der Waals surface area (Å²) in [6.45, 7) is 4.62. The predicted molar refractivity (Wildman–Crippen MR) is 132 cm³/mol. The molecule has 1 aliphatic carbocycles. The lowest BCUT2D eigenvalue weighted by atomic mass is 9.71. The van der Waals surface area contributed by atoms with Gasteiger partial charge >= 0.3 is 6.03 Å². The maximum atomic E-state index is 14.2. The number of fused-ring (bicyclic) bond motifs is 2. The van der Waals surface area contributed by atoms with Crippen LogP contribution in [0, 0.1) is 30.4 Å². The first-order valence-electron chi connectivity index (χ1n) is 13.1. The Morgan fingerprint density at radius 2 is 2.00 bits per heavy atom. The number of hydrogen-bond acceptors (Lipinski definition) is 5. The summed E-state index contributed by atoms with van der Waals surface area (Å²) in [7, 11) is 0. The van der Waals surface area contributed by atoms with Crippen LogP contribution in [0.3, 0.4) is 0 Å². The lowest BCUT2D eigenvalue weighted by Crippen LogP contribution is -2.64. The first-order chi connectivity index (χ1) is 17.5. The van der Waals surface area contributed by atoms with Crippen molar-refractivity contribution in [2.24, 2.45) is 11.8 Å². The van der Waals surface area contributed by atoms with Crippen LogP contribution in [-0.4, -0.2) is 58.6 Å². The number of carbonyl (C=O) groups excluding carboxylic acids is 1. The van der Waals surface area contributed by atoms with Gasteiger partial charge in [0.05, 0.1) is 6.04 Å². The molecule has 1 aromatic heterocycles. The molecule has 1 aromatic carbocycles. The summed E-state index contributed by atoms with van der Waals surface area (Å²) in [6, 6.07) is 9.39. The molecule has 192 valence electrons. The van der Waals surface area contributed by atoms with E-state index in [1.165, 1.54) is 5.56 Å². The van der Waals surface area contributed by atoms with Gasteiger partial charge in [0.1, 0.15) is 0 Å². The maximum absolute atomic E-state index is 14.2. The van der Waals surface area contributed by atoms with Crippen LogP contribution >= 0.6 is 0 Å². The lowest BCUT2D eigenvalue weighted by Gasteiger charge is -2.49. The van der Waals surface area contributed by atoms with Crippen LogP contribution in [0.5, 0.6) is 0 Å². The van der Waals surface area contributed by atoms with E-state index in [0.29, 0.717) is 36.5 Å². The molecule has 0 bridgehead atoms. The molecule has 0 radical (unpaired) electrons. The largest absolute Gasteiger partial charge is 0.335 e. The minimum atomic E-state index is -0.811. The molecule has 3 saturated heterocycles. The predicted octanol–water partition coefficient (Wildman–Crippen LogP) is 3.27. The van der Waals surface area contributed by atoms with Gasteiger partial charge in [0.15, 0.2) is 11.6 Å². The Morgan fingerprint density at radius 3 is 2.86 bits per heavy atom. The van der Waals surface area contributed by atoms with E-state index < -0.39 is 11.6 Å². The number of amides is 2. The molecule has 3 aliphatic heterocycles. The first kappa shape index (κ1) is 23.8. The van der Waals surface area contributed by atoms with E-state index in [4.69, 9.17) is 0 Å². The van der Waals surface area contributed by atoms with Crippen LogP contribution in [0.25, 0.3) is 0 Å². The minimum Gasteiger partial charge on any atom is -0.335 e. The maximum Gasteiger partial charge on any atom is 0.317 e. The zero-order valence-corrected chi connectivity index (χ0v) is 20.6. The molecule has 1 saturated carbocycles. The second-order valence-corrected chi connectivity index (χ2v) is 11.0. The summed E-state index contributed by atoms with van der Waals surface area (Å²) in [5, 5.41) is 3.30. The summed E-state index contributed by atoms with van der Waals surface area (Å²) in [6.07, 6.45) is 5.68. The Bertz CT molecular complexity index is 1130. The minimum absolute atomic E-state index is 0.00532. The van der Waals surface area contributed by atoms with Crippen molar-refractivity contribution in [3.63, 3.8) is 0 Å². The van der Waals surface area contributed by atoms with Gasteiger partial charge in [-0.05, 0) is 74.8 Å². The number of nitrogens with zero attached hydrogens (tertiary/aromatic N) is 3. The Kier molecular flexibility index (Phi) is 6.39. The van der Waals surface area contributed by atoms with Crippen molar-refractivity contribution in [1.29, 1.82) is 0 Å². The van der Waals surface area contributed by atoms with Gasteiger partial charge in [0, 0.05) is 55.2 Å². The summed E-state index contributed by atoms with van der Waals surface area (Å²) >= 11 is 0. The number of rotatable bonds is 4. The van der Waals surface area contributed by atoms with Crippen LogP contribution in [0.4, 0.5) is 13.6 Å². The molecule has 36 heavy (non-hydrogen) atoms. The zero-order valence-electron chi connectivity index (χ0n) is 20.6. The third kappa shape index (κ3) is 4.48. The van der Waals surface area contributed by atoms with Gasteiger partial charge < -0.3 is 10.2 Å². The average molecular weight is 497 g/mol. The molecule has 4 aliphatic rings. The van der Waals surface area contributed by atoms with Crippen molar-refractivity contribution >= 4 is 6.03 Å². The number of aryl methyl sites for hydroxylation is 1. The molecule has 5 unspecified atom stereocenters. The van der Waals surface area contributed by atoms with Crippen molar-refractivity contribution in [3.05, 3.63) is 65.0 Å². The Morgan fingerprint density at radius 1 is 1.11 bits per heavy atom. The molecule has 4 fully saturated rings. The van der Waals surface area contributed by atoms with Crippen molar-refractivity contribution in [2.45, 2.75) is 63.3 Å². The van der Waals surface area contributed by atoms with E-state index in [-0.39, 0.29) is 24.2 Å². The van der Waals surface area contributed by atoms with E-state index in [1.54, 1.807) is 12.1 Å². The second-order valence-electron chi connectivity index (χ2n) is 11.0. The molecule has 2 amide bonds. The van der Waals surface area contributed by atoms with Gasteiger partial charge in [-0.3, -0.25) is 15.3 Å². The van der Waals surface area contributed by atoms with Crippen LogP contribution in [0.1, 0.15) is 48.5 Å². The number of carbonyl (C=O) groups is 1. The smallest absolute Gasteiger partial charge is 0.317 e. The van der Waals surface area contributed by atoms with Crippen molar-refractivity contribution in [2.75, 3.05) is 19.6 Å². The summed E-state index contributed by atoms with van der Waals surface area (Å²) in [5.41, 5.74) is 9.64. The number of pyridine rings is 1. The van der Waals surface area contributed by atoms with Gasteiger partial charge in [-0.15, -0.1) is 0 Å². The van der Waals surface area contributed by atoms with E-state index in [2.05, 4.69) is 38.2 Å². The highest BCUT2D eigenvalue weighted by atomic mass is 19.2. The summed E-state index contributed by atoms with van der Waals surface area (Å²) in [4.78, 5) is 21.7. The Labute approximate surface area is 210 Å². The number of aromatic nitrogens is 1. The SMILES string of the molecule is Cc1cc(C2NNC3CC4NC(=O)N([C@@H]5CCCN(Cc6cccc(F)c6F)C5)CC4CC32)ccn1. The number of hydrogen-bond donors (Lipinski definition) is 3. The fraction of sp³-hybridized carbons (Fsp3) is 0.556. The number of nitrogens with one attached hydrogen (secondary N) is 3. The number of halogens is 2. The molecule has 9 heteroatoms. The summed E-state index contributed by atoms with van der Waals surface area (Å²) < 4.78 is 27.9. The number of benzene rings is 1. The van der Waals surface area contributed by atoms with E-state index in [1.807, 2.05) is 18.0 Å². The standard InChI is InChI=1S/C27H34F2N6O/c1-16-10-17(7-8-30-16)26-21-11-19-14-35(27(36)31-23(19)12-24(21)32-33-26)20-5-3-9-34(15-20)13-18-4-2-6-22(28)25(18)29/h2,4,6-8,10,19-21,23-24,26,32-33H,3,5,9,11-15H2,1H3,(H,31,36)/t19?,20-,21?,23?,24?,26?/m1/s1. The lowest BCUT2D eigenvalue weighted by molar-refractivity contribution is 0.0520. The first-order valence-corrected chi connectivity index (χ1v) is 13.1. The van der Waals surface area contributed by atoms with Gasteiger partial charge in [-0.2, -0.15) is 0 Å².